The Labute approximate surface area is 165 Å². The first-order valence-electron chi connectivity index (χ1n) is 8.77. The summed E-state index contributed by atoms with van der Waals surface area (Å²) in [6.45, 7) is 2.36. The van der Waals surface area contributed by atoms with Crippen molar-refractivity contribution in [2.45, 2.75) is 25.1 Å². The zero-order chi connectivity index (χ0) is 19.3. The highest BCUT2D eigenvalue weighted by Crippen LogP contribution is 2.19. The van der Waals surface area contributed by atoms with E-state index < -0.39 is 0 Å². The van der Waals surface area contributed by atoms with Crippen LogP contribution in [-0.2, 0) is 11.3 Å². The molecule has 4 aromatic rings. The maximum absolute atomic E-state index is 12.0. The number of nitrogens with one attached hydrogen (secondary N) is 1. The third-order valence-corrected chi connectivity index (χ3v) is 4.86. The van der Waals surface area contributed by atoms with Gasteiger partial charge in [-0.15, -0.1) is 15.3 Å². The van der Waals surface area contributed by atoms with Gasteiger partial charge in [-0.2, -0.15) is 0 Å². The molecule has 0 saturated heterocycles. The Kier molecular flexibility index (Phi) is 5.34. The number of fused-ring (bicyclic) bond motifs is 1. The number of para-hydroxylation sites is 1. The SMILES string of the molecule is Cc1ccc(NC(=O)CCSc2nnc(Cn3nnc4ccccc43)o2)cc1. The number of thioether (sulfide) groups is 1. The van der Waals surface area contributed by atoms with Gasteiger partial charge in [0.05, 0.1) is 5.52 Å². The third-order valence-electron chi connectivity index (χ3n) is 4.04. The van der Waals surface area contributed by atoms with Gasteiger partial charge in [0.1, 0.15) is 12.1 Å². The molecule has 0 aliphatic carbocycles. The molecule has 0 atom stereocenters. The predicted molar refractivity (Wildman–Crippen MR) is 106 cm³/mol. The molecule has 142 valence electrons. The van der Waals surface area contributed by atoms with Gasteiger partial charge in [-0.05, 0) is 31.2 Å². The van der Waals surface area contributed by atoms with Gasteiger partial charge in [0, 0.05) is 17.9 Å². The van der Waals surface area contributed by atoms with Crippen LogP contribution in [-0.4, -0.2) is 36.9 Å². The molecule has 9 heteroatoms. The molecule has 0 bridgehead atoms. The van der Waals surface area contributed by atoms with E-state index in [-0.39, 0.29) is 5.91 Å². The molecular weight excluding hydrogens is 376 g/mol. The molecule has 0 aliphatic heterocycles. The third kappa shape index (κ3) is 4.37. The number of carbonyl (C=O) groups is 1. The monoisotopic (exact) mass is 394 g/mol. The lowest BCUT2D eigenvalue weighted by atomic mass is 10.2. The summed E-state index contributed by atoms with van der Waals surface area (Å²) in [6.07, 6.45) is 0.351. The Balaban J connectivity index is 1.28. The highest BCUT2D eigenvalue weighted by Gasteiger charge is 2.11. The van der Waals surface area contributed by atoms with Crippen molar-refractivity contribution >= 4 is 34.4 Å². The van der Waals surface area contributed by atoms with Crippen LogP contribution in [0.5, 0.6) is 0 Å². The van der Waals surface area contributed by atoms with Gasteiger partial charge in [-0.1, -0.05) is 46.8 Å². The summed E-state index contributed by atoms with van der Waals surface area (Å²) in [5, 5.41) is 19.6. The Morgan fingerprint density at radius 2 is 1.93 bits per heavy atom. The van der Waals surface area contributed by atoms with Crippen molar-refractivity contribution in [2.75, 3.05) is 11.1 Å². The predicted octanol–water partition coefficient (Wildman–Crippen LogP) is 3.29. The number of carbonyl (C=O) groups excluding carboxylic acids is 1. The van der Waals surface area contributed by atoms with Crippen molar-refractivity contribution in [1.82, 2.24) is 25.2 Å². The van der Waals surface area contributed by atoms with Crippen molar-refractivity contribution in [3.63, 3.8) is 0 Å². The molecule has 0 saturated carbocycles. The zero-order valence-corrected chi connectivity index (χ0v) is 16.0. The first-order valence-corrected chi connectivity index (χ1v) is 9.76. The number of amides is 1. The average Bonchev–Trinajstić information content (AvgIpc) is 3.31. The molecule has 0 aliphatic rings. The maximum atomic E-state index is 12.0. The fraction of sp³-hybridized carbons (Fsp3) is 0.211. The van der Waals surface area contributed by atoms with E-state index in [1.54, 1.807) is 4.68 Å². The molecule has 1 amide bonds. The highest BCUT2D eigenvalue weighted by molar-refractivity contribution is 7.99. The number of benzene rings is 2. The molecule has 0 spiro atoms. The fourth-order valence-electron chi connectivity index (χ4n) is 2.61. The number of anilines is 1. The van der Waals surface area contributed by atoms with Crippen LogP contribution >= 0.6 is 11.8 Å². The van der Waals surface area contributed by atoms with E-state index in [0.29, 0.717) is 29.8 Å². The smallest absolute Gasteiger partial charge is 0.276 e. The summed E-state index contributed by atoms with van der Waals surface area (Å²) in [7, 11) is 0. The minimum atomic E-state index is -0.0508. The van der Waals surface area contributed by atoms with Crippen molar-refractivity contribution in [2.24, 2.45) is 0 Å². The maximum Gasteiger partial charge on any atom is 0.276 e. The van der Waals surface area contributed by atoms with Gasteiger partial charge in [-0.25, -0.2) is 4.68 Å². The van der Waals surface area contributed by atoms with E-state index in [1.807, 2.05) is 55.5 Å². The molecular formula is C19H18N6O2S. The first kappa shape index (κ1) is 18.2. The number of nitrogens with zero attached hydrogens (tertiary/aromatic N) is 5. The van der Waals surface area contributed by atoms with E-state index in [0.717, 1.165) is 22.3 Å². The summed E-state index contributed by atoms with van der Waals surface area (Å²) in [5.41, 5.74) is 3.67. The summed E-state index contributed by atoms with van der Waals surface area (Å²) < 4.78 is 7.35. The topological polar surface area (TPSA) is 98.7 Å². The summed E-state index contributed by atoms with van der Waals surface area (Å²) >= 11 is 1.35. The van der Waals surface area contributed by atoms with Crippen LogP contribution < -0.4 is 5.32 Å². The Morgan fingerprint density at radius 3 is 2.79 bits per heavy atom. The van der Waals surface area contributed by atoms with Crippen LogP contribution in [0, 0.1) is 6.92 Å². The van der Waals surface area contributed by atoms with Crippen LogP contribution in [0.3, 0.4) is 0 Å². The fourth-order valence-corrected chi connectivity index (χ4v) is 3.33. The normalized spacial score (nSPS) is 11.0. The molecule has 2 aromatic carbocycles. The number of hydrogen-bond donors (Lipinski definition) is 1. The molecule has 0 radical (unpaired) electrons. The molecule has 8 nitrogen and oxygen atoms in total. The van der Waals surface area contributed by atoms with E-state index >= 15 is 0 Å². The second-order valence-electron chi connectivity index (χ2n) is 6.21. The van der Waals surface area contributed by atoms with Gasteiger partial charge in [0.15, 0.2) is 0 Å². The quantitative estimate of drug-likeness (QED) is 0.480. The van der Waals surface area contributed by atoms with Crippen molar-refractivity contribution in [3.05, 3.63) is 60.0 Å². The molecule has 1 N–H and O–H groups in total. The Hall–Kier alpha value is -3.20. The largest absolute Gasteiger partial charge is 0.414 e. The van der Waals surface area contributed by atoms with Crippen LogP contribution in [0.25, 0.3) is 11.0 Å². The summed E-state index contributed by atoms with van der Waals surface area (Å²) in [4.78, 5) is 12.0. The van der Waals surface area contributed by atoms with Crippen LogP contribution in [0.15, 0.2) is 58.2 Å². The Morgan fingerprint density at radius 1 is 1.11 bits per heavy atom. The Bertz CT molecular complexity index is 1090. The lowest BCUT2D eigenvalue weighted by molar-refractivity contribution is -0.115. The van der Waals surface area contributed by atoms with Crippen molar-refractivity contribution in [3.8, 4) is 0 Å². The van der Waals surface area contributed by atoms with Crippen LogP contribution in [0.4, 0.5) is 5.69 Å². The van der Waals surface area contributed by atoms with E-state index in [2.05, 4.69) is 25.8 Å². The van der Waals surface area contributed by atoms with E-state index in [4.69, 9.17) is 4.42 Å². The molecule has 0 unspecified atom stereocenters. The van der Waals surface area contributed by atoms with Gasteiger partial charge in [-0.3, -0.25) is 4.79 Å². The van der Waals surface area contributed by atoms with Crippen molar-refractivity contribution < 1.29 is 9.21 Å². The number of rotatable bonds is 7. The number of hydrogen-bond acceptors (Lipinski definition) is 7. The van der Waals surface area contributed by atoms with Gasteiger partial charge < -0.3 is 9.73 Å². The molecule has 4 rings (SSSR count). The van der Waals surface area contributed by atoms with Gasteiger partial charge in [0.2, 0.25) is 11.8 Å². The molecule has 2 aromatic heterocycles. The lowest BCUT2D eigenvalue weighted by Gasteiger charge is -2.04. The standard InChI is InChI=1S/C19H18N6O2S/c1-13-6-8-14(9-7-13)20-17(26)10-11-28-19-23-22-18(27-19)12-25-16-5-3-2-4-15(16)21-24-25/h2-9H,10-12H2,1H3,(H,20,26). The van der Waals surface area contributed by atoms with E-state index in [1.165, 1.54) is 11.8 Å². The van der Waals surface area contributed by atoms with Crippen LogP contribution in [0.1, 0.15) is 17.9 Å². The zero-order valence-electron chi connectivity index (χ0n) is 15.2. The highest BCUT2D eigenvalue weighted by atomic mass is 32.2. The molecule has 2 heterocycles. The first-order chi connectivity index (χ1) is 13.7. The van der Waals surface area contributed by atoms with Gasteiger partial charge >= 0.3 is 0 Å². The number of aromatic nitrogens is 5. The lowest BCUT2D eigenvalue weighted by Crippen LogP contribution is -2.12. The second-order valence-corrected chi connectivity index (χ2v) is 7.26. The minimum Gasteiger partial charge on any atom is -0.414 e. The molecule has 28 heavy (non-hydrogen) atoms. The van der Waals surface area contributed by atoms with E-state index in [9.17, 15) is 4.79 Å². The number of aryl methyl sites for hydroxylation is 1. The second kappa shape index (κ2) is 8.22. The van der Waals surface area contributed by atoms with Crippen molar-refractivity contribution in [1.29, 1.82) is 0 Å². The summed E-state index contributed by atoms with van der Waals surface area (Å²) in [5.74, 6) is 0.943. The minimum absolute atomic E-state index is 0.0508. The molecule has 0 fully saturated rings. The van der Waals surface area contributed by atoms with Crippen LogP contribution in [0.2, 0.25) is 0 Å². The van der Waals surface area contributed by atoms with Gasteiger partial charge in [0.25, 0.3) is 5.22 Å². The average molecular weight is 394 g/mol. The summed E-state index contributed by atoms with van der Waals surface area (Å²) in [6, 6.07) is 15.4.